The van der Waals surface area contributed by atoms with E-state index in [2.05, 4.69) is 15.3 Å². The molecule has 0 unspecified atom stereocenters. The minimum absolute atomic E-state index is 0.175. The van der Waals surface area contributed by atoms with Gasteiger partial charge in [0.25, 0.3) is 0 Å². The first-order valence-corrected chi connectivity index (χ1v) is 11.7. The molecule has 36 heavy (non-hydrogen) atoms. The Balaban J connectivity index is 1.47. The van der Waals surface area contributed by atoms with Crippen molar-refractivity contribution in [2.45, 2.75) is 12.0 Å². The topological polar surface area (TPSA) is 68.6 Å². The zero-order chi connectivity index (χ0) is 25.7. The monoisotopic (exact) mass is 496 g/mol. The number of methoxy groups -OCH3 is 2. The van der Waals surface area contributed by atoms with Crippen LogP contribution in [0.3, 0.4) is 0 Å². The minimum Gasteiger partial charge on any atom is -0.497 e. The first-order chi connectivity index (χ1) is 17.4. The first kappa shape index (κ1) is 25.5. The molecule has 3 aromatic rings. The van der Waals surface area contributed by atoms with Gasteiger partial charge in [0.05, 0.1) is 25.1 Å². The fourth-order valence-electron chi connectivity index (χ4n) is 4.47. The first-order valence-electron chi connectivity index (χ1n) is 11.7. The lowest BCUT2D eigenvalue weighted by molar-refractivity contribution is -0.117. The second-order valence-electron chi connectivity index (χ2n) is 8.79. The third-order valence-electron chi connectivity index (χ3n) is 6.39. The van der Waals surface area contributed by atoms with Crippen molar-refractivity contribution in [1.29, 1.82) is 0 Å². The highest BCUT2D eigenvalue weighted by Gasteiger charge is 2.34. The Morgan fingerprint density at radius 3 is 2.72 bits per heavy atom. The van der Waals surface area contributed by atoms with Crippen LogP contribution in [0.4, 0.5) is 8.78 Å². The Bertz CT molecular complexity index is 1240. The Morgan fingerprint density at radius 1 is 1.14 bits per heavy atom. The Labute approximate surface area is 209 Å². The third-order valence-corrected chi connectivity index (χ3v) is 6.39. The summed E-state index contributed by atoms with van der Waals surface area (Å²) in [7, 11) is 5.05. The highest BCUT2D eigenvalue weighted by atomic mass is 19.2. The molecule has 1 fully saturated rings. The van der Waals surface area contributed by atoms with E-state index in [-0.39, 0.29) is 17.9 Å². The molecule has 1 aliphatic rings. The molecule has 0 saturated carbocycles. The van der Waals surface area contributed by atoms with Gasteiger partial charge in [0.1, 0.15) is 5.75 Å². The lowest BCUT2D eigenvalue weighted by Gasteiger charge is -2.19. The van der Waals surface area contributed by atoms with Gasteiger partial charge in [-0.2, -0.15) is 5.10 Å². The fourth-order valence-corrected chi connectivity index (χ4v) is 4.47. The summed E-state index contributed by atoms with van der Waals surface area (Å²) >= 11 is 0. The SMILES string of the molecule is COCCN1C[C@@H](NC(=O)/C=C\c2cc(-c3cccc(OC)c3)nn2C)[C@H](c2ccc(F)c(F)c2)C1. The molecule has 2 atom stereocenters. The molecule has 1 aromatic heterocycles. The van der Waals surface area contributed by atoms with Crippen LogP contribution in [0, 0.1) is 11.6 Å². The number of carbonyl (C=O) groups is 1. The molecule has 2 aromatic carbocycles. The lowest BCUT2D eigenvalue weighted by Crippen LogP contribution is -2.39. The van der Waals surface area contributed by atoms with Crippen LogP contribution in [0.15, 0.2) is 54.6 Å². The van der Waals surface area contributed by atoms with Gasteiger partial charge in [-0.3, -0.25) is 14.4 Å². The Morgan fingerprint density at radius 2 is 1.97 bits per heavy atom. The van der Waals surface area contributed by atoms with Crippen molar-refractivity contribution in [3.8, 4) is 17.0 Å². The minimum atomic E-state index is -0.893. The summed E-state index contributed by atoms with van der Waals surface area (Å²) in [5, 5.41) is 7.58. The maximum atomic E-state index is 13.9. The van der Waals surface area contributed by atoms with Crippen LogP contribution < -0.4 is 10.1 Å². The van der Waals surface area contributed by atoms with Crippen LogP contribution in [-0.4, -0.2) is 67.1 Å². The van der Waals surface area contributed by atoms with E-state index in [4.69, 9.17) is 9.47 Å². The van der Waals surface area contributed by atoms with Crippen molar-refractivity contribution in [3.05, 3.63) is 77.5 Å². The van der Waals surface area contributed by atoms with Crippen molar-refractivity contribution in [1.82, 2.24) is 20.0 Å². The number of benzene rings is 2. The number of carbonyl (C=O) groups excluding carboxylic acids is 1. The third kappa shape index (κ3) is 5.98. The highest BCUT2D eigenvalue weighted by molar-refractivity contribution is 5.92. The second-order valence-corrected chi connectivity index (χ2v) is 8.79. The van der Waals surface area contributed by atoms with Gasteiger partial charge in [-0.05, 0) is 42.0 Å². The molecule has 190 valence electrons. The van der Waals surface area contributed by atoms with E-state index >= 15 is 0 Å². The van der Waals surface area contributed by atoms with Crippen LogP contribution in [0.1, 0.15) is 17.2 Å². The summed E-state index contributed by atoms with van der Waals surface area (Å²) < 4.78 is 39.6. The Kier molecular flexibility index (Phi) is 8.12. The molecule has 9 heteroatoms. The summed E-state index contributed by atoms with van der Waals surface area (Å²) in [5.41, 5.74) is 3.08. The number of halogens is 2. The molecule has 0 aliphatic carbocycles. The average molecular weight is 497 g/mol. The van der Waals surface area contributed by atoms with E-state index < -0.39 is 11.6 Å². The molecular formula is C27H30F2N4O3. The van der Waals surface area contributed by atoms with Crippen LogP contribution in [0.2, 0.25) is 0 Å². The van der Waals surface area contributed by atoms with Gasteiger partial charge >= 0.3 is 0 Å². The van der Waals surface area contributed by atoms with Crippen molar-refractivity contribution in [3.63, 3.8) is 0 Å². The molecular weight excluding hydrogens is 466 g/mol. The summed E-state index contributed by atoms with van der Waals surface area (Å²) in [4.78, 5) is 15.0. The Hall–Kier alpha value is -3.56. The number of rotatable bonds is 9. The summed E-state index contributed by atoms with van der Waals surface area (Å²) in [6.07, 6.45) is 3.17. The highest BCUT2D eigenvalue weighted by Crippen LogP contribution is 2.29. The molecule has 4 rings (SSSR count). The normalized spacial score (nSPS) is 18.1. The molecule has 1 saturated heterocycles. The maximum absolute atomic E-state index is 13.9. The summed E-state index contributed by atoms with van der Waals surface area (Å²) in [6.45, 7) is 2.41. The number of likely N-dealkylation sites (tertiary alicyclic amines) is 1. The molecule has 0 spiro atoms. The second kappa shape index (κ2) is 11.5. The van der Waals surface area contributed by atoms with Gasteiger partial charge in [-0.25, -0.2) is 8.78 Å². The van der Waals surface area contributed by atoms with E-state index in [1.807, 2.05) is 37.4 Å². The number of aryl methyl sites for hydroxylation is 1. The molecule has 0 bridgehead atoms. The summed E-state index contributed by atoms with van der Waals surface area (Å²) in [5.74, 6) is -1.49. The molecule has 1 aliphatic heterocycles. The number of hydrogen-bond acceptors (Lipinski definition) is 5. The molecule has 1 N–H and O–H groups in total. The zero-order valence-corrected chi connectivity index (χ0v) is 20.6. The molecule has 0 radical (unpaired) electrons. The number of hydrogen-bond donors (Lipinski definition) is 1. The smallest absolute Gasteiger partial charge is 0.244 e. The van der Waals surface area contributed by atoms with E-state index in [0.29, 0.717) is 31.8 Å². The number of nitrogens with one attached hydrogen (secondary N) is 1. The number of amides is 1. The average Bonchev–Trinajstić information content (AvgIpc) is 3.46. The lowest BCUT2D eigenvalue weighted by atomic mass is 9.94. The number of nitrogens with zero attached hydrogens (tertiary/aromatic N) is 3. The van der Waals surface area contributed by atoms with Crippen molar-refractivity contribution in [2.75, 3.05) is 40.5 Å². The quantitative estimate of drug-likeness (QED) is 0.459. The molecule has 2 heterocycles. The zero-order valence-electron chi connectivity index (χ0n) is 20.6. The number of aromatic nitrogens is 2. The van der Waals surface area contributed by atoms with E-state index in [1.165, 1.54) is 12.1 Å². The molecule has 7 nitrogen and oxygen atoms in total. The van der Waals surface area contributed by atoms with Crippen molar-refractivity contribution in [2.24, 2.45) is 7.05 Å². The fraction of sp³-hybridized carbons (Fsp3) is 0.333. The van der Waals surface area contributed by atoms with Gasteiger partial charge in [-0.1, -0.05) is 18.2 Å². The van der Waals surface area contributed by atoms with Crippen LogP contribution >= 0.6 is 0 Å². The van der Waals surface area contributed by atoms with Gasteiger partial charge in [0, 0.05) is 57.4 Å². The van der Waals surface area contributed by atoms with Gasteiger partial charge in [0.15, 0.2) is 11.6 Å². The maximum Gasteiger partial charge on any atom is 0.244 e. The van der Waals surface area contributed by atoms with Gasteiger partial charge in [0.2, 0.25) is 5.91 Å². The number of ether oxygens (including phenoxy) is 2. The van der Waals surface area contributed by atoms with Crippen molar-refractivity contribution >= 4 is 12.0 Å². The van der Waals surface area contributed by atoms with Crippen LogP contribution in [-0.2, 0) is 16.6 Å². The van der Waals surface area contributed by atoms with E-state index in [0.717, 1.165) is 28.8 Å². The molecule has 1 amide bonds. The summed E-state index contributed by atoms with van der Waals surface area (Å²) in [6, 6.07) is 13.2. The van der Waals surface area contributed by atoms with Gasteiger partial charge in [-0.15, -0.1) is 0 Å². The standard InChI is InChI=1S/C27H30F2N4O3/c1-32-20(15-25(31-32)19-5-4-6-21(13-19)36-3)8-10-27(34)30-26-17-33(11-12-35-2)16-22(26)18-7-9-23(28)24(29)14-18/h4-10,13-15,22,26H,11-12,16-17H2,1-3H3,(H,30,34)/b10-8-/t22-,26+/m0/s1. The van der Waals surface area contributed by atoms with E-state index in [1.54, 1.807) is 31.0 Å². The largest absolute Gasteiger partial charge is 0.497 e. The van der Waals surface area contributed by atoms with Crippen LogP contribution in [0.25, 0.3) is 17.3 Å². The van der Waals surface area contributed by atoms with E-state index in [9.17, 15) is 13.6 Å². The predicted octanol–water partition coefficient (Wildman–Crippen LogP) is 3.62. The predicted molar refractivity (Wildman–Crippen MR) is 134 cm³/mol. The van der Waals surface area contributed by atoms with Crippen LogP contribution in [0.5, 0.6) is 5.75 Å². The van der Waals surface area contributed by atoms with Gasteiger partial charge < -0.3 is 14.8 Å². The van der Waals surface area contributed by atoms with Crippen molar-refractivity contribution < 1.29 is 23.0 Å².